The third-order valence-corrected chi connectivity index (χ3v) is 2.64. The Morgan fingerprint density at radius 2 is 2.00 bits per heavy atom. The van der Waals surface area contributed by atoms with Crippen molar-refractivity contribution in [3.05, 3.63) is 29.8 Å². The lowest BCUT2D eigenvalue weighted by molar-refractivity contribution is 0.122. The second-order valence-electron chi connectivity index (χ2n) is 3.66. The first-order valence-corrected chi connectivity index (χ1v) is 5.31. The molecule has 1 fully saturated rings. The Hall–Kier alpha value is -1.06. The van der Waals surface area contributed by atoms with Crippen LogP contribution in [0.2, 0.25) is 0 Å². The van der Waals surface area contributed by atoms with Crippen LogP contribution in [-0.2, 0) is 16.1 Å². The zero-order chi connectivity index (χ0) is 10.5. The lowest BCUT2D eigenvalue weighted by atomic mass is 10.1. The van der Waals surface area contributed by atoms with E-state index >= 15 is 0 Å². The van der Waals surface area contributed by atoms with Crippen LogP contribution in [0.5, 0.6) is 0 Å². The van der Waals surface area contributed by atoms with Gasteiger partial charge in [0.25, 0.3) is 0 Å². The predicted molar refractivity (Wildman–Crippen MR) is 60.2 cm³/mol. The molecular weight excluding hydrogens is 190 g/mol. The Balaban J connectivity index is 2.17. The van der Waals surface area contributed by atoms with Crippen LogP contribution in [0.3, 0.4) is 0 Å². The Kier molecular flexibility index (Phi) is 3.59. The van der Waals surface area contributed by atoms with E-state index in [9.17, 15) is 0 Å². The van der Waals surface area contributed by atoms with E-state index < -0.39 is 0 Å². The van der Waals surface area contributed by atoms with Crippen LogP contribution >= 0.6 is 0 Å². The Morgan fingerprint density at radius 3 is 2.73 bits per heavy atom. The van der Waals surface area contributed by atoms with Gasteiger partial charge in [0, 0.05) is 31.5 Å². The summed E-state index contributed by atoms with van der Waals surface area (Å²) in [4.78, 5) is 2.36. The van der Waals surface area contributed by atoms with Crippen LogP contribution in [0, 0.1) is 0 Å². The van der Waals surface area contributed by atoms with Crippen molar-refractivity contribution in [3.8, 4) is 0 Å². The van der Waals surface area contributed by atoms with Gasteiger partial charge in [-0.2, -0.15) is 0 Å². The molecule has 0 aliphatic carbocycles. The number of ether oxygens (including phenoxy) is 2. The normalized spacial score (nSPS) is 16.7. The standard InChI is InChI=1S/C12H17NO2/c1-14-10-11-4-2-3-5-12(11)13-6-8-15-9-7-13/h2-5H,6-10H2,1H3. The number of hydrogen-bond acceptors (Lipinski definition) is 3. The third-order valence-electron chi connectivity index (χ3n) is 2.64. The molecule has 82 valence electrons. The fourth-order valence-electron chi connectivity index (χ4n) is 1.90. The van der Waals surface area contributed by atoms with Crippen LogP contribution in [0.25, 0.3) is 0 Å². The van der Waals surface area contributed by atoms with Crippen LogP contribution in [0.4, 0.5) is 5.69 Å². The zero-order valence-corrected chi connectivity index (χ0v) is 9.11. The monoisotopic (exact) mass is 207 g/mol. The zero-order valence-electron chi connectivity index (χ0n) is 9.11. The second-order valence-corrected chi connectivity index (χ2v) is 3.66. The van der Waals surface area contributed by atoms with Gasteiger partial charge in [-0.3, -0.25) is 0 Å². The number of morpholine rings is 1. The number of nitrogens with zero attached hydrogens (tertiary/aromatic N) is 1. The van der Waals surface area contributed by atoms with E-state index in [1.165, 1.54) is 11.3 Å². The van der Waals surface area contributed by atoms with Gasteiger partial charge < -0.3 is 14.4 Å². The molecule has 0 spiro atoms. The van der Waals surface area contributed by atoms with Crippen molar-refractivity contribution in [1.29, 1.82) is 0 Å². The molecule has 1 aromatic rings. The fourth-order valence-corrected chi connectivity index (χ4v) is 1.90. The number of methoxy groups -OCH3 is 1. The first kappa shape index (κ1) is 10.5. The number of anilines is 1. The van der Waals surface area contributed by atoms with E-state index in [-0.39, 0.29) is 0 Å². The van der Waals surface area contributed by atoms with Crippen LogP contribution in [0.15, 0.2) is 24.3 Å². The minimum Gasteiger partial charge on any atom is -0.380 e. The van der Waals surface area contributed by atoms with E-state index in [0.29, 0.717) is 6.61 Å². The van der Waals surface area contributed by atoms with Gasteiger partial charge in [0.05, 0.1) is 19.8 Å². The molecular formula is C12H17NO2. The van der Waals surface area contributed by atoms with E-state index in [0.717, 1.165) is 26.3 Å². The topological polar surface area (TPSA) is 21.7 Å². The highest BCUT2D eigenvalue weighted by Gasteiger charge is 2.13. The summed E-state index contributed by atoms with van der Waals surface area (Å²) in [5.74, 6) is 0. The molecule has 3 nitrogen and oxygen atoms in total. The number of benzene rings is 1. The summed E-state index contributed by atoms with van der Waals surface area (Å²) < 4.78 is 10.5. The van der Waals surface area contributed by atoms with E-state index in [2.05, 4.69) is 29.2 Å². The maximum atomic E-state index is 5.35. The van der Waals surface area contributed by atoms with Gasteiger partial charge in [-0.1, -0.05) is 18.2 Å². The molecule has 0 N–H and O–H groups in total. The van der Waals surface area contributed by atoms with Crippen LogP contribution in [-0.4, -0.2) is 33.4 Å². The lowest BCUT2D eigenvalue weighted by Gasteiger charge is -2.30. The predicted octanol–water partition coefficient (Wildman–Crippen LogP) is 1.67. The highest BCUT2D eigenvalue weighted by molar-refractivity contribution is 5.53. The van der Waals surface area contributed by atoms with Crippen molar-refractivity contribution < 1.29 is 9.47 Å². The van der Waals surface area contributed by atoms with Crippen molar-refractivity contribution in [1.82, 2.24) is 0 Å². The molecule has 15 heavy (non-hydrogen) atoms. The molecule has 0 atom stereocenters. The maximum absolute atomic E-state index is 5.35. The van der Waals surface area contributed by atoms with Crippen molar-refractivity contribution in [2.45, 2.75) is 6.61 Å². The van der Waals surface area contributed by atoms with Gasteiger partial charge in [0.15, 0.2) is 0 Å². The SMILES string of the molecule is COCc1ccccc1N1CCOCC1. The average molecular weight is 207 g/mol. The largest absolute Gasteiger partial charge is 0.380 e. The summed E-state index contributed by atoms with van der Waals surface area (Å²) in [7, 11) is 1.73. The van der Waals surface area contributed by atoms with Gasteiger partial charge in [0.2, 0.25) is 0 Å². The smallest absolute Gasteiger partial charge is 0.0733 e. The van der Waals surface area contributed by atoms with Crippen LogP contribution in [0.1, 0.15) is 5.56 Å². The summed E-state index contributed by atoms with van der Waals surface area (Å²) in [5, 5.41) is 0. The van der Waals surface area contributed by atoms with E-state index in [4.69, 9.17) is 9.47 Å². The molecule has 0 unspecified atom stereocenters. The van der Waals surface area contributed by atoms with Crippen molar-refractivity contribution >= 4 is 5.69 Å². The van der Waals surface area contributed by atoms with Gasteiger partial charge >= 0.3 is 0 Å². The minimum atomic E-state index is 0.674. The molecule has 1 aliphatic rings. The first-order valence-electron chi connectivity index (χ1n) is 5.31. The molecule has 1 aliphatic heterocycles. The van der Waals surface area contributed by atoms with Crippen molar-refractivity contribution in [2.24, 2.45) is 0 Å². The Bertz CT molecular complexity index is 308. The summed E-state index contributed by atoms with van der Waals surface area (Å²) >= 11 is 0. The lowest BCUT2D eigenvalue weighted by Crippen LogP contribution is -2.36. The van der Waals surface area contributed by atoms with Gasteiger partial charge in [-0.25, -0.2) is 0 Å². The molecule has 1 aromatic carbocycles. The van der Waals surface area contributed by atoms with Gasteiger partial charge in [-0.15, -0.1) is 0 Å². The fraction of sp³-hybridized carbons (Fsp3) is 0.500. The molecule has 3 heteroatoms. The van der Waals surface area contributed by atoms with Crippen LogP contribution < -0.4 is 4.90 Å². The molecule has 0 bridgehead atoms. The van der Waals surface area contributed by atoms with Gasteiger partial charge in [0.1, 0.15) is 0 Å². The summed E-state index contributed by atoms with van der Waals surface area (Å²) in [6.45, 7) is 4.26. The summed E-state index contributed by atoms with van der Waals surface area (Å²) in [5.41, 5.74) is 2.53. The third kappa shape index (κ3) is 2.49. The molecule has 1 saturated heterocycles. The second kappa shape index (κ2) is 5.14. The number of hydrogen-bond donors (Lipinski definition) is 0. The van der Waals surface area contributed by atoms with Crippen molar-refractivity contribution in [2.75, 3.05) is 38.3 Å². The summed E-state index contributed by atoms with van der Waals surface area (Å²) in [6, 6.07) is 8.40. The number of para-hydroxylation sites is 1. The van der Waals surface area contributed by atoms with E-state index in [1.54, 1.807) is 7.11 Å². The molecule has 1 heterocycles. The first-order chi connectivity index (χ1) is 7.42. The average Bonchev–Trinajstić information content (AvgIpc) is 2.31. The molecule has 2 rings (SSSR count). The molecule has 0 amide bonds. The highest BCUT2D eigenvalue weighted by Crippen LogP contribution is 2.21. The highest BCUT2D eigenvalue weighted by atomic mass is 16.5. The van der Waals surface area contributed by atoms with E-state index in [1.807, 2.05) is 0 Å². The quantitative estimate of drug-likeness (QED) is 0.752. The van der Waals surface area contributed by atoms with Crippen molar-refractivity contribution in [3.63, 3.8) is 0 Å². The molecule has 0 aromatic heterocycles. The number of rotatable bonds is 3. The molecule has 0 saturated carbocycles. The Morgan fingerprint density at radius 1 is 1.27 bits per heavy atom. The minimum absolute atomic E-state index is 0.674. The maximum Gasteiger partial charge on any atom is 0.0733 e. The Labute approximate surface area is 90.6 Å². The molecule has 0 radical (unpaired) electrons. The van der Waals surface area contributed by atoms with Gasteiger partial charge in [-0.05, 0) is 6.07 Å². The summed E-state index contributed by atoms with van der Waals surface area (Å²) in [6.07, 6.45) is 0.